The largest absolute Gasteiger partial charge is 0.367 e. The maximum atomic E-state index is 12.1. The number of aromatic amines is 1. The number of hydrogen-bond acceptors (Lipinski definition) is 2. The van der Waals surface area contributed by atoms with E-state index in [0.29, 0.717) is 12.4 Å². The minimum absolute atomic E-state index is 0.369. The molecular weight excluding hydrogens is 214 g/mol. The molecule has 86 valence electrons. The number of nitrogens with zero attached hydrogens (tertiary/aromatic N) is 2. The molecule has 0 amide bonds. The van der Waals surface area contributed by atoms with E-state index in [0.717, 1.165) is 5.56 Å². The highest BCUT2D eigenvalue weighted by Crippen LogP contribution is 2.07. The molecule has 0 atom stereocenters. The first-order valence-electron chi connectivity index (χ1n) is 4.91. The third-order valence-corrected chi connectivity index (χ3v) is 2.10. The molecule has 2 N–H and O–H groups in total. The second kappa shape index (κ2) is 4.78. The van der Waals surface area contributed by atoms with Crippen LogP contribution in [0.2, 0.25) is 0 Å². The maximum absolute atomic E-state index is 12.1. The first-order chi connectivity index (χ1) is 7.74. The molecule has 0 aliphatic heterocycles. The van der Waals surface area contributed by atoms with E-state index in [1.165, 1.54) is 10.9 Å². The van der Waals surface area contributed by atoms with Crippen LogP contribution in [-0.4, -0.2) is 21.2 Å². The molecule has 4 nitrogen and oxygen atoms in total. The summed E-state index contributed by atoms with van der Waals surface area (Å²) < 4.78 is 25.3. The van der Waals surface area contributed by atoms with Crippen molar-refractivity contribution in [1.29, 1.82) is 0 Å². The Morgan fingerprint density at radius 2 is 2.31 bits per heavy atom. The highest BCUT2D eigenvalue weighted by Gasteiger charge is 2.05. The molecule has 0 saturated heterocycles. The number of hydrogen-bond donors (Lipinski definition) is 2. The quantitative estimate of drug-likeness (QED) is 0.820. The zero-order valence-corrected chi connectivity index (χ0v) is 8.53. The first-order valence-corrected chi connectivity index (χ1v) is 4.91. The van der Waals surface area contributed by atoms with Crippen molar-refractivity contribution in [2.24, 2.45) is 0 Å². The van der Waals surface area contributed by atoms with Crippen LogP contribution in [0.1, 0.15) is 5.56 Å². The fourth-order valence-electron chi connectivity index (χ4n) is 1.36. The van der Waals surface area contributed by atoms with Crippen molar-refractivity contribution in [1.82, 2.24) is 14.8 Å². The van der Waals surface area contributed by atoms with Gasteiger partial charge in [-0.3, -0.25) is 4.68 Å². The SMILES string of the molecule is FC(F)Cn1ccc(NCc2cc[nH]c2)n1. The van der Waals surface area contributed by atoms with E-state index in [2.05, 4.69) is 15.4 Å². The molecule has 0 aromatic carbocycles. The van der Waals surface area contributed by atoms with Crippen LogP contribution in [0.15, 0.2) is 30.7 Å². The average molecular weight is 226 g/mol. The molecule has 0 saturated carbocycles. The van der Waals surface area contributed by atoms with Crippen LogP contribution in [0.25, 0.3) is 0 Å². The van der Waals surface area contributed by atoms with Gasteiger partial charge in [-0.05, 0) is 11.6 Å². The van der Waals surface area contributed by atoms with Crippen LogP contribution in [0.3, 0.4) is 0 Å². The normalized spacial score (nSPS) is 10.9. The fraction of sp³-hybridized carbons (Fsp3) is 0.300. The monoisotopic (exact) mass is 226 g/mol. The molecule has 2 heterocycles. The summed E-state index contributed by atoms with van der Waals surface area (Å²) in [6.45, 7) is 0.251. The van der Waals surface area contributed by atoms with Gasteiger partial charge in [0.2, 0.25) is 0 Å². The summed E-state index contributed by atoms with van der Waals surface area (Å²) in [5.41, 5.74) is 1.09. The van der Waals surface area contributed by atoms with Crippen molar-refractivity contribution in [2.75, 3.05) is 5.32 Å². The molecule has 6 heteroatoms. The molecular formula is C10H12F2N4. The summed E-state index contributed by atoms with van der Waals surface area (Å²) >= 11 is 0. The molecule has 0 unspecified atom stereocenters. The second-order valence-corrected chi connectivity index (χ2v) is 3.39. The highest BCUT2D eigenvalue weighted by atomic mass is 19.3. The molecule has 16 heavy (non-hydrogen) atoms. The number of alkyl halides is 2. The predicted molar refractivity (Wildman–Crippen MR) is 56.4 cm³/mol. The van der Waals surface area contributed by atoms with Crippen molar-refractivity contribution in [3.8, 4) is 0 Å². The lowest BCUT2D eigenvalue weighted by atomic mass is 10.3. The van der Waals surface area contributed by atoms with Crippen LogP contribution in [0.4, 0.5) is 14.6 Å². The molecule has 0 radical (unpaired) electrons. The molecule has 2 aromatic rings. The lowest BCUT2D eigenvalue weighted by Crippen LogP contribution is -2.07. The van der Waals surface area contributed by atoms with Gasteiger partial charge in [0, 0.05) is 31.2 Å². The van der Waals surface area contributed by atoms with Gasteiger partial charge in [-0.25, -0.2) is 8.78 Å². The summed E-state index contributed by atoms with van der Waals surface area (Å²) in [6, 6.07) is 3.61. The van der Waals surface area contributed by atoms with E-state index in [1.54, 1.807) is 6.07 Å². The highest BCUT2D eigenvalue weighted by molar-refractivity contribution is 5.33. The third kappa shape index (κ3) is 2.82. The van der Waals surface area contributed by atoms with E-state index in [4.69, 9.17) is 0 Å². The van der Waals surface area contributed by atoms with Crippen LogP contribution >= 0.6 is 0 Å². The average Bonchev–Trinajstić information content (AvgIpc) is 2.84. The van der Waals surface area contributed by atoms with Crippen LogP contribution < -0.4 is 5.32 Å². The van der Waals surface area contributed by atoms with Gasteiger partial charge < -0.3 is 10.3 Å². The number of halogens is 2. The Morgan fingerprint density at radius 1 is 1.44 bits per heavy atom. The zero-order valence-electron chi connectivity index (χ0n) is 8.53. The number of nitrogens with one attached hydrogen (secondary N) is 2. The van der Waals surface area contributed by atoms with E-state index in [9.17, 15) is 8.78 Å². The summed E-state index contributed by atoms with van der Waals surface area (Å²) in [5.74, 6) is 0.599. The second-order valence-electron chi connectivity index (χ2n) is 3.39. The Kier molecular flexibility index (Phi) is 3.19. The summed E-state index contributed by atoms with van der Waals surface area (Å²) in [5, 5.41) is 7.01. The van der Waals surface area contributed by atoms with E-state index in [-0.39, 0.29) is 6.54 Å². The van der Waals surface area contributed by atoms with Crippen molar-refractivity contribution >= 4 is 5.82 Å². The number of rotatable bonds is 5. The Morgan fingerprint density at radius 3 is 3.00 bits per heavy atom. The van der Waals surface area contributed by atoms with Crippen LogP contribution in [0.5, 0.6) is 0 Å². The van der Waals surface area contributed by atoms with E-state index in [1.807, 2.05) is 18.5 Å². The predicted octanol–water partition coefficient (Wildman–Crippen LogP) is 2.09. The van der Waals surface area contributed by atoms with Gasteiger partial charge in [-0.1, -0.05) is 0 Å². The van der Waals surface area contributed by atoms with Gasteiger partial charge in [0.05, 0.1) is 0 Å². The summed E-state index contributed by atoms with van der Waals surface area (Å²) in [6.07, 6.45) is 2.85. The van der Waals surface area contributed by atoms with Crippen LogP contribution in [0, 0.1) is 0 Å². The first kappa shape index (κ1) is 10.7. The lowest BCUT2D eigenvalue weighted by molar-refractivity contribution is 0.122. The van der Waals surface area contributed by atoms with Crippen LogP contribution in [-0.2, 0) is 13.1 Å². The molecule has 0 spiro atoms. The van der Waals surface area contributed by atoms with E-state index < -0.39 is 6.43 Å². The van der Waals surface area contributed by atoms with Crippen molar-refractivity contribution < 1.29 is 8.78 Å². The number of aromatic nitrogens is 3. The van der Waals surface area contributed by atoms with Gasteiger partial charge in [-0.15, -0.1) is 0 Å². The Bertz CT molecular complexity index is 422. The molecule has 0 aliphatic carbocycles. The Balaban J connectivity index is 1.88. The molecule has 2 rings (SSSR count). The Labute approximate surface area is 91.3 Å². The smallest absolute Gasteiger partial charge is 0.257 e. The zero-order chi connectivity index (χ0) is 11.4. The summed E-state index contributed by atoms with van der Waals surface area (Å²) in [4.78, 5) is 2.93. The third-order valence-electron chi connectivity index (χ3n) is 2.10. The lowest BCUT2D eigenvalue weighted by Gasteiger charge is -2.01. The molecule has 0 bridgehead atoms. The van der Waals surface area contributed by atoms with Crippen molar-refractivity contribution in [2.45, 2.75) is 19.5 Å². The standard InChI is InChI=1S/C10H12F2N4/c11-9(12)7-16-4-2-10(15-16)14-6-8-1-3-13-5-8/h1-5,9,13H,6-7H2,(H,14,15). The summed E-state index contributed by atoms with van der Waals surface area (Å²) in [7, 11) is 0. The van der Waals surface area contributed by atoms with Gasteiger partial charge >= 0.3 is 0 Å². The van der Waals surface area contributed by atoms with Crippen molar-refractivity contribution in [3.05, 3.63) is 36.3 Å². The van der Waals surface area contributed by atoms with Gasteiger partial charge in [0.1, 0.15) is 12.4 Å². The van der Waals surface area contributed by atoms with Gasteiger partial charge in [0.15, 0.2) is 0 Å². The molecule has 2 aromatic heterocycles. The topological polar surface area (TPSA) is 45.6 Å². The molecule has 0 aliphatic rings. The maximum Gasteiger partial charge on any atom is 0.257 e. The van der Waals surface area contributed by atoms with Gasteiger partial charge in [0.25, 0.3) is 6.43 Å². The minimum Gasteiger partial charge on any atom is -0.367 e. The minimum atomic E-state index is -2.38. The Hall–Kier alpha value is -1.85. The van der Waals surface area contributed by atoms with E-state index >= 15 is 0 Å². The fourth-order valence-corrected chi connectivity index (χ4v) is 1.36. The van der Waals surface area contributed by atoms with Gasteiger partial charge in [-0.2, -0.15) is 5.10 Å². The molecule has 0 fully saturated rings. The number of H-pyrrole nitrogens is 1. The number of anilines is 1. The van der Waals surface area contributed by atoms with Crippen molar-refractivity contribution in [3.63, 3.8) is 0 Å².